The average molecular weight is 458 g/mol. The monoisotopic (exact) mass is 458 g/mol. The Bertz CT molecular complexity index is 513. The van der Waals surface area contributed by atoms with E-state index in [1.807, 2.05) is 7.05 Å². The van der Waals surface area contributed by atoms with Gasteiger partial charge in [-0.1, -0.05) is 30.3 Å². The molecule has 1 aromatic carbocycles. The molecule has 1 aliphatic carbocycles. The number of hydrogen-bond acceptors (Lipinski definition) is 3. The summed E-state index contributed by atoms with van der Waals surface area (Å²) in [5.74, 6) is 1.84. The Hall–Kier alpha value is -0.860. The molecule has 0 radical (unpaired) electrons. The Balaban J connectivity index is 0.00000225. The molecule has 1 aromatic rings. The summed E-state index contributed by atoms with van der Waals surface area (Å²) in [5.41, 5.74) is 1.39. The summed E-state index contributed by atoms with van der Waals surface area (Å²) in [4.78, 5) is 9.28. The van der Waals surface area contributed by atoms with Crippen molar-refractivity contribution in [2.75, 3.05) is 53.0 Å². The Morgan fingerprint density at radius 3 is 2.52 bits per heavy atom. The molecule has 2 fully saturated rings. The van der Waals surface area contributed by atoms with Crippen molar-refractivity contribution in [3.05, 3.63) is 35.9 Å². The normalized spacial score (nSPS) is 18.8. The van der Waals surface area contributed by atoms with E-state index in [2.05, 4.69) is 50.4 Å². The van der Waals surface area contributed by atoms with E-state index in [0.717, 1.165) is 64.4 Å². The van der Waals surface area contributed by atoms with Crippen molar-refractivity contribution in [1.82, 2.24) is 15.1 Å². The molecule has 0 bridgehead atoms. The van der Waals surface area contributed by atoms with Gasteiger partial charge in [-0.3, -0.25) is 9.89 Å². The summed E-state index contributed by atoms with van der Waals surface area (Å²) in [6.45, 7) is 7.77. The molecule has 140 valence electrons. The van der Waals surface area contributed by atoms with Gasteiger partial charge in [0, 0.05) is 52.9 Å². The molecule has 1 heterocycles. The van der Waals surface area contributed by atoms with Crippen molar-refractivity contribution in [2.45, 2.75) is 19.4 Å². The van der Waals surface area contributed by atoms with E-state index >= 15 is 0 Å². The Morgan fingerprint density at radius 1 is 1.16 bits per heavy atom. The predicted molar refractivity (Wildman–Crippen MR) is 114 cm³/mol. The molecule has 0 spiro atoms. The van der Waals surface area contributed by atoms with Gasteiger partial charge in [-0.2, -0.15) is 0 Å². The van der Waals surface area contributed by atoms with Crippen LogP contribution in [-0.4, -0.2) is 68.7 Å². The molecule has 0 aromatic heterocycles. The molecular formula is C19H31IN4O. The van der Waals surface area contributed by atoms with E-state index in [1.54, 1.807) is 0 Å². The molecule has 1 saturated carbocycles. The number of benzene rings is 1. The Morgan fingerprint density at radius 2 is 1.88 bits per heavy atom. The Labute approximate surface area is 168 Å². The SMILES string of the molecule is CN=C(NCCOCC1CC1)N1CCN(Cc2ccccc2)CC1.I. The van der Waals surface area contributed by atoms with Gasteiger partial charge in [0.15, 0.2) is 5.96 Å². The first-order valence-corrected chi connectivity index (χ1v) is 9.15. The summed E-state index contributed by atoms with van der Waals surface area (Å²) < 4.78 is 5.68. The minimum atomic E-state index is 0. The molecule has 2 aliphatic rings. The largest absolute Gasteiger partial charge is 0.379 e. The molecular weight excluding hydrogens is 427 g/mol. The molecule has 0 atom stereocenters. The van der Waals surface area contributed by atoms with Crippen molar-refractivity contribution >= 4 is 29.9 Å². The number of nitrogens with zero attached hydrogens (tertiary/aromatic N) is 3. The number of halogens is 1. The number of aliphatic imine (C=N–C) groups is 1. The van der Waals surface area contributed by atoms with E-state index in [0.29, 0.717) is 0 Å². The minimum Gasteiger partial charge on any atom is -0.379 e. The number of hydrogen-bond donors (Lipinski definition) is 1. The molecule has 1 N–H and O–H groups in total. The molecule has 25 heavy (non-hydrogen) atoms. The molecule has 1 aliphatic heterocycles. The first-order chi connectivity index (χ1) is 11.8. The fraction of sp³-hybridized carbons (Fsp3) is 0.632. The van der Waals surface area contributed by atoms with E-state index in [1.165, 1.54) is 18.4 Å². The highest BCUT2D eigenvalue weighted by molar-refractivity contribution is 14.0. The van der Waals surface area contributed by atoms with Crippen LogP contribution in [-0.2, 0) is 11.3 Å². The van der Waals surface area contributed by atoms with Gasteiger partial charge in [0.2, 0.25) is 0 Å². The van der Waals surface area contributed by atoms with Gasteiger partial charge in [0.25, 0.3) is 0 Å². The third-order valence-corrected chi connectivity index (χ3v) is 4.71. The van der Waals surface area contributed by atoms with Gasteiger partial charge in [-0.25, -0.2) is 0 Å². The quantitative estimate of drug-likeness (QED) is 0.295. The molecule has 6 heteroatoms. The van der Waals surface area contributed by atoms with Crippen LogP contribution >= 0.6 is 24.0 Å². The van der Waals surface area contributed by atoms with Crippen molar-refractivity contribution in [3.63, 3.8) is 0 Å². The van der Waals surface area contributed by atoms with Crippen LogP contribution in [0.3, 0.4) is 0 Å². The van der Waals surface area contributed by atoms with Crippen molar-refractivity contribution < 1.29 is 4.74 Å². The zero-order valence-corrected chi connectivity index (χ0v) is 17.5. The van der Waals surface area contributed by atoms with Crippen LogP contribution in [0, 0.1) is 5.92 Å². The maximum Gasteiger partial charge on any atom is 0.193 e. The van der Waals surface area contributed by atoms with Gasteiger partial charge in [-0.05, 0) is 24.3 Å². The van der Waals surface area contributed by atoms with Crippen LogP contribution in [0.4, 0.5) is 0 Å². The highest BCUT2D eigenvalue weighted by Crippen LogP contribution is 2.28. The van der Waals surface area contributed by atoms with Crippen LogP contribution in [0.15, 0.2) is 35.3 Å². The van der Waals surface area contributed by atoms with Crippen molar-refractivity contribution in [1.29, 1.82) is 0 Å². The highest BCUT2D eigenvalue weighted by atomic mass is 127. The second kappa shape index (κ2) is 11.0. The summed E-state index contributed by atoms with van der Waals surface area (Å²) in [6, 6.07) is 10.7. The third-order valence-electron chi connectivity index (χ3n) is 4.71. The predicted octanol–water partition coefficient (Wildman–Crippen LogP) is 2.42. The zero-order chi connectivity index (χ0) is 16.6. The Kier molecular flexibility index (Phi) is 8.98. The molecule has 0 unspecified atom stereocenters. The number of piperazine rings is 1. The molecule has 3 rings (SSSR count). The van der Waals surface area contributed by atoms with Gasteiger partial charge < -0.3 is 15.0 Å². The smallest absolute Gasteiger partial charge is 0.193 e. The second-order valence-electron chi connectivity index (χ2n) is 6.74. The topological polar surface area (TPSA) is 40.1 Å². The number of ether oxygens (including phenoxy) is 1. The standard InChI is InChI=1S/C19H30N4O.HI/c1-20-19(21-9-14-24-16-18-7-8-18)23-12-10-22(11-13-23)15-17-5-3-2-4-6-17;/h2-6,18H,7-16H2,1H3,(H,20,21);1H. The van der Waals surface area contributed by atoms with E-state index in [9.17, 15) is 0 Å². The lowest BCUT2D eigenvalue weighted by Crippen LogP contribution is -2.52. The van der Waals surface area contributed by atoms with Gasteiger partial charge in [0.1, 0.15) is 0 Å². The van der Waals surface area contributed by atoms with Gasteiger partial charge in [-0.15, -0.1) is 24.0 Å². The van der Waals surface area contributed by atoms with Crippen LogP contribution in [0.5, 0.6) is 0 Å². The average Bonchev–Trinajstić information content (AvgIpc) is 3.44. The van der Waals surface area contributed by atoms with Crippen molar-refractivity contribution in [3.8, 4) is 0 Å². The van der Waals surface area contributed by atoms with Crippen LogP contribution in [0.25, 0.3) is 0 Å². The molecule has 0 amide bonds. The maximum absolute atomic E-state index is 5.68. The van der Waals surface area contributed by atoms with Gasteiger partial charge in [0.05, 0.1) is 6.61 Å². The number of rotatable bonds is 7. The van der Waals surface area contributed by atoms with Crippen LogP contribution < -0.4 is 5.32 Å². The lowest BCUT2D eigenvalue weighted by atomic mass is 10.2. The number of guanidine groups is 1. The fourth-order valence-corrected chi connectivity index (χ4v) is 3.06. The lowest BCUT2D eigenvalue weighted by molar-refractivity contribution is 0.127. The number of nitrogens with one attached hydrogen (secondary N) is 1. The summed E-state index contributed by atoms with van der Waals surface area (Å²) in [6.07, 6.45) is 2.70. The molecule has 5 nitrogen and oxygen atoms in total. The minimum absolute atomic E-state index is 0. The van der Waals surface area contributed by atoms with Crippen LogP contribution in [0.1, 0.15) is 18.4 Å². The highest BCUT2D eigenvalue weighted by Gasteiger charge is 2.21. The summed E-state index contributed by atoms with van der Waals surface area (Å²) in [5, 5.41) is 3.43. The first-order valence-electron chi connectivity index (χ1n) is 9.15. The fourth-order valence-electron chi connectivity index (χ4n) is 3.06. The summed E-state index contributed by atoms with van der Waals surface area (Å²) >= 11 is 0. The second-order valence-corrected chi connectivity index (χ2v) is 6.74. The maximum atomic E-state index is 5.68. The first kappa shape index (κ1) is 20.5. The third kappa shape index (κ3) is 7.11. The van der Waals surface area contributed by atoms with Gasteiger partial charge >= 0.3 is 0 Å². The van der Waals surface area contributed by atoms with E-state index < -0.39 is 0 Å². The van der Waals surface area contributed by atoms with Crippen molar-refractivity contribution in [2.24, 2.45) is 10.9 Å². The van der Waals surface area contributed by atoms with E-state index in [4.69, 9.17) is 4.74 Å². The lowest BCUT2D eigenvalue weighted by Gasteiger charge is -2.36. The summed E-state index contributed by atoms with van der Waals surface area (Å²) in [7, 11) is 1.86. The zero-order valence-electron chi connectivity index (χ0n) is 15.2. The molecule has 1 saturated heterocycles. The van der Waals surface area contributed by atoms with Crippen LogP contribution in [0.2, 0.25) is 0 Å². The van der Waals surface area contributed by atoms with E-state index in [-0.39, 0.29) is 24.0 Å².